The third-order valence-electron chi connectivity index (χ3n) is 1.47. The van der Waals surface area contributed by atoms with Gasteiger partial charge in [0.15, 0.2) is 0 Å². The van der Waals surface area contributed by atoms with E-state index in [0.717, 1.165) is 5.03 Å². The Hall–Kier alpha value is -0.650. The predicted molar refractivity (Wildman–Crippen MR) is 52.4 cm³/mol. The van der Waals surface area contributed by atoms with E-state index in [1.165, 1.54) is 18.1 Å². The first-order valence-corrected chi connectivity index (χ1v) is 4.91. The summed E-state index contributed by atoms with van der Waals surface area (Å²) in [4.78, 5) is 7.84. The molecule has 1 unspecified atom stereocenters. The van der Waals surface area contributed by atoms with Gasteiger partial charge < -0.3 is 10.8 Å². The lowest BCUT2D eigenvalue weighted by molar-refractivity contribution is 0.224. The number of aliphatic hydroxyl groups is 1. The largest absolute Gasteiger partial charge is 0.394 e. The van der Waals surface area contributed by atoms with Crippen LogP contribution in [0.2, 0.25) is 0 Å². The van der Waals surface area contributed by atoms with Crippen LogP contribution in [0.15, 0.2) is 23.6 Å². The molecule has 0 aliphatic heterocycles. The van der Waals surface area contributed by atoms with Crippen molar-refractivity contribution in [1.82, 2.24) is 9.97 Å². The van der Waals surface area contributed by atoms with Crippen molar-refractivity contribution in [2.45, 2.75) is 17.5 Å². The van der Waals surface area contributed by atoms with Gasteiger partial charge in [-0.1, -0.05) is 0 Å². The van der Waals surface area contributed by atoms with Crippen LogP contribution in [0.1, 0.15) is 6.92 Å². The molecule has 0 amide bonds. The molecule has 0 saturated heterocycles. The minimum atomic E-state index is -0.546. The van der Waals surface area contributed by atoms with Crippen molar-refractivity contribution in [3.8, 4) is 0 Å². The summed E-state index contributed by atoms with van der Waals surface area (Å²) < 4.78 is 0. The van der Waals surface area contributed by atoms with Gasteiger partial charge >= 0.3 is 0 Å². The molecule has 1 atom stereocenters. The maximum absolute atomic E-state index is 8.90. The molecule has 0 aromatic carbocycles. The van der Waals surface area contributed by atoms with Gasteiger partial charge in [0.2, 0.25) is 0 Å². The molecule has 0 fully saturated rings. The first-order valence-electron chi connectivity index (χ1n) is 3.93. The molecule has 13 heavy (non-hydrogen) atoms. The lowest BCUT2D eigenvalue weighted by Gasteiger charge is -2.20. The Morgan fingerprint density at radius 3 is 3.00 bits per heavy atom. The maximum atomic E-state index is 8.90. The fourth-order valence-electron chi connectivity index (χ4n) is 0.648. The van der Waals surface area contributed by atoms with Gasteiger partial charge in [-0.2, -0.15) is 0 Å². The molecular weight excluding hydrogens is 186 g/mol. The fourth-order valence-corrected chi connectivity index (χ4v) is 1.50. The number of nitrogens with zero attached hydrogens (tertiary/aromatic N) is 2. The quantitative estimate of drug-likeness (QED) is 0.538. The van der Waals surface area contributed by atoms with Crippen molar-refractivity contribution in [2.24, 2.45) is 5.73 Å². The third-order valence-corrected chi connectivity index (χ3v) is 2.81. The zero-order valence-electron chi connectivity index (χ0n) is 7.47. The Labute approximate surface area is 81.6 Å². The highest BCUT2D eigenvalue weighted by Gasteiger charge is 2.17. The molecule has 0 aliphatic carbocycles. The summed E-state index contributed by atoms with van der Waals surface area (Å²) in [6.45, 7) is 1.78. The van der Waals surface area contributed by atoms with E-state index in [4.69, 9.17) is 10.8 Å². The van der Waals surface area contributed by atoms with E-state index in [0.29, 0.717) is 5.75 Å². The van der Waals surface area contributed by atoms with E-state index in [-0.39, 0.29) is 6.61 Å². The molecule has 1 aromatic rings. The zero-order valence-corrected chi connectivity index (χ0v) is 8.29. The molecule has 0 saturated carbocycles. The maximum Gasteiger partial charge on any atom is 0.116 e. The molecular formula is C8H13N3OS. The Kier molecular flexibility index (Phi) is 3.65. The second-order valence-electron chi connectivity index (χ2n) is 3.15. The van der Waals surface area contributed by atoms with Crippen molar-refractivity contribution in [2.75, 3.05) is 12.4 Å². The zero-order chi connectivity index (χ0) is 9.73. The van der Waals surface area contributed by atoms with Crippen LogP contribution in [0.25, 0.3) is 0 Å². The Balaban J connectivity index is 2.44. The normalized spacial score (nSPS) is 15.3. The smallest absolute Gasteiger partial charge is 0.116 e. The molecule has 1 heterocycles. The van der Waals surface area contributed by atoms with Crippen molar-refractivity contribution < 1.29 is 5.11 Å². The molecule has 5 heteroatoms. The second kappa shape index (κ2) is 4.55. The van der Waals surface area contributed by atoms with Crippen LogP contribution < -0.4 is 5.73 Å². The van der Waals surface area contributed by atoms with Crippen LogP contribution in [0.5, 0.6) is 0 Å². The lowest BCUT2D eigenvalue weighted by atomic mass is 10.1. The van der Waals surface area contributed by atoms with Crippen LogP contribution in [-0.4, -0.2) is 33.0 Å². The van der Waals surface area contributed by atoms with Crippen LogP contribution in [0.4, 0.5) is 0 Å². The van der Waals surface area contributed by atoms with Gasteiger partial charge in [-0.3, -0.25) is 0 Å². The molecule has 0 radical (unpaired) electrons. The summed E-state index contributed by atoms with van der Waals surface area (Å²) in [5.41, 5.74) is 5.20. The van der Waals surface area contributed by atoms with Gasteiger partial charge in [0.25, 0.3) is 0 Å². The number of hydrogen-bond donors (Lipinski definition) is 2. The van der Waals surface area contributed by atoms with E-state index in [1.807, 2.05) is 6.07 Å². The summed E-state index contributed by atoms with van der Waals surface area (Å²) in [5.74, 6) is 0.639. The Bertz CT molecular complexity index is 253. The van der Waals surface area contributed by atoms with E-state index < -0.39 is 5.54 Å². The minimum Gasteiger partial charge on any atom is -0.394 e. The van der Waals surface area contributed by atoms with Gasteiger partial charge in [0.1, 0.15) is 6.33 Å². The average Bonchev–Trinajstić information content (AvgIpc) is 2.17. The molecule has 72 valence electrons. The minimum absolute atomic E-state index is 0.0227. The van der Waals surface area contributed by atoms with Crippen LogP contribution in [0, 0.1) is 0 Å². The van der Waals surface area contributed by atoms with Gasteiger partial charge in [-0.05, 0) is 13.0 Å². The van der Waals surface area contributed by atoms with Gasteiger partial charge in [-0.15, -0.1) is 11.8 Å². The van der Waals surface area contributed by atoms with E-state index >= 15 is 0 Å². The molecule has 0 spiro atoms. The van der Waals surface area contributed by atoms with Crippen LogP contribution >= 0.6 is 11.8 Å². The number of aliphatic hydroxyl groups excluding tert-OH is 1. The Morgan fingerprint density at radius 1 is 1.69 bits per heavy atom. The molecule has 0 bridgehead atoms. The molecule has 1 aromatic heterocycles. The van der Waals surface area contributed by atoms with Crippen LogP contribution in [-0.2, 0) is 0 Å². The standard InChI is InChI=1S/C8H13N3OS/c1-8(9,4-12)5-13-7-2-3-10-6-11-7/h2-3,6,12H,4-5,9H2,1H3. The fraction of sp³-hybridized carbons (Fsp3) is 0.500. The highest BCUT2D eigenvalue weighted by Crippen LogP contribution is 2.17. The highest BCUT2D eigenvalue weighted by atomic mass is 32.2. The summed E-state index contributed by atoms with van der Waals surface area (Å²) in [7, 11) is 0. The SMILES string of the molecule is CC(N)(CO)CSc1ccncn1. The molecule has 1 rings (SSSR count). The van der Waals surface area contributed by atoms with E-state index in [1.54, 1.807) is 13.1 Å². The van der Waals surface area contributed by atoms with Crippen molar-refractivity contribution in [3.05, 3.63) is 18.6 Å². The first-order chi connectivity index (χ1) is 6.14. The topological polar surface area (TPSA) is 72.0 Å². The summed E-state index contributed by atoms with van der Waals surface area (Å²) in [6, 6.07) is 1.82. The number of nitrogens with two attached hydrogens (primary N) is 1. The molecule has 3 N–H and O–H groups in total. The van der Waals surface area contributed by atoms with E-state index in [2.05, 4.69) is 9.97 Å². The predicted octanol–water partition coefficient (Wildman–Crippen LogP) is 0.278. The van der Waals surface area contributed by atoms with Gasteiger partial charge in [-0.25, -0.2) is 9.97 Å². The van der Waals surface area contributed by atoms with E-state index in [9.17, 15) is 0 Å². The van der Waals surface area contributed by atoms with Crippen molar-refractivity contribution in [3.63, 3.8) is 0 Å². The summed E-state index contributed by atoms with van der Waals surface area (Å²) >= 11 is 1.52. The highest BCUT2D eigenvalue weighted by molar-refractivity contribution is 7.99. The first kappa shape index (κ1) is 10.4. The lowest BCUT2D eigenvalue weighted by Crippen LogP contribution is -2.42. The molecule has 0 aliphatic rings. The van der Waals surface area contributed by atoms with Crippen LogP contribution in [0.3, 0.4) is 0 Å². The molecule has 4 nitrogen and oxygen atoms in total. The summed E-state index contributed by atoms with van der Waals surface area (Å²) in [5, 5.41) is 9.78. The second-order valence-corrected chi connectivity index (χ2v) is 4.14. The van der Waals surface area contributed by atoms with Crippen molar-refractivity contribution >= 4 is 11.8 Å². The number of rotatable bonds is 4. The monoisotopic (exact) mass is 199 g/mol. The number of aromatic nitrogens is 2. The Morgan fingerprint density at radius 2 is 2.46 bits per heavy atom. The summed E-state index contributed by atoms with van der Waals surface area (Å²) in [6.07, 6.45) is 3.18. The van der Waals surface area contributed by atoms with Gasteiger partial charge in [0, 0.05) is 17.5 Å². The van der Waals surface area contributed by atoms with Crippen molar-refractivity contribution in [1.29, 1.82) is 0 Å². The third kappa shape index (κ3) is 3.71. The average molecular weight is 199 g/mol. The number of thioether (sulfide) groups is 1. The number of hydrogen-bond acceptors (Lipinski definition) is 5. The van der Waals surface area contributed by atoms with Gasteiger partial charge in [0.05, 0.1) is 11.6 Å².